The number of aliphatic carboxylic acids is 2. The van der Waals surface area contributed by atoms with Gasteiger partial charge in [-0.25, -0.2) is 4.79 Å². The molecule has 0 saturated carbocycles. The molecule has 0 rings (SSSR count). The van der Waals surface area contributed by atoms with Crippen molar-refractivity contribution in [2.24, 2.45) is 23.3 Å². The fourth-order valence-electron chi connectivity index (χ4n) is 2.90. The lowest BCUT2D eigenvalue weighted by molar-refractivity contribution is -0.143. The molecule has 0 saturated heterocycles. The number of hydrogen-bond donors (Lipinski definition) is 7. The van der Waals surface area contributed by atoms with E-state index in [1.54, 1.807) is 27.7 Å². The number of carboxylic acid groups (broad SMARTS) is 2. The fourth-order valence-corrected chi connectivity index (χ4v) is 2.90. The first-order valence-electron chi connectivity index (χ1n) is 11.0. The van der Waals surface area contributed by atoms with Gasteiger partial charge in [-0.15, -0.1) is 0 Å². The maximum atomic E-state index is 12.9. The van der Waals surface area contributed by atoms with Crippen LogP contribution < -0.4 is 27.4 Å². The molecule has 0 aromatic heterocycles. The Bertz CT molecular complexity index is 755. The standard InChI is InChI=1S/C21H37N5O8/c1-10(2)9-14(21(33)34)26-19(31)12(5-7-15(22)27)24-18(30)13(6-8-16(28)29)25-20(32)17(23)11(3)4/h10-14,17H,5-9,23H2,1-4H3,(H2,22,27)(H,24,30)(H,25,32)(H,26,31)(H,28,29)(H,33,34). The number of amides is 4. The minimum atomic E-state index is -1.35. The molecule has 34 heavy (non-hydrogen) atoms. The second-order valence-electron chi connectivity index (χ2n) is 8.86. The van der Waals surface area contributed by atoms with Crippen LogP contribution in [-0.2, 0) is 28.8 Å². The molecular formula is C21H37N5O8. The number of carboxylic acids is 2. The minimum Gasteiger partial charge on any atom is -0.481 e. The highest BCUT2D eigenvalue weighted by molar-refractivity contribution is 5.94. The van der Waals surface area contributed by atoms with Crippen molar-refractivity contribution < 1.29 is 39.0 Å². The third-order valence-electron chi connectivity index (χ3n) is 4.93. The minimum absolute atomic E-state index is 0.0548. The van der Waals surface area contributed by atoms with E-state index in [1.807, 2.05) is 0 Å². The third-order valence-corrected chi connectivity index (χ3v) is 4.93. The van der Waals surface area contributed by atoms with Gasteiger partial charge in [-0.1, -0.05) is 27.7 Å². The van der Waals surface area contributed by atoms with Gasteiger partial charge in [0, 0.05) is 12.8 Å². The van der Waals surface area contributed by atoms with Gasteiger partial charge >= 0.3 is 11.9 Å². The summed E-state index contributed by atoms with van der Waals surface area (Å²) in [7, 11) is 0. The number of rotatable bonds is 16. The Morgan fingerprint density at radius 3 is 1.56 bits per heavy atom. The van der Waals surface area contributed by atoms with Crippen LogP contribution in [0.2, 0.25) is 0 Å². The second kappa shape index (κ2) is 14.8. The lowest BCUT2D eigenvalue weighted by atomic mass is 10.0. The lowest BCUT2D eigenvalue weighted by Gasteiger charge is -2.25. The van der Waals surface area contributed by atoms with Crippen LogP contribution in [0.15, 0.2) is 0 Å². The van der Waals surface area contributed by atoms with Crippen LogP contribution in [-0.4, -0.2) is 69.9 Å². The van der Waals surface area contributed by atoms with Gasteiger partial charge in [-0.05, 0) is 31.1 Å². The number of carbonyl (C=O) groups is 6. The largest absolute Gasteiger partial charge is 0.481 e. The van der Waals surface area contributed by atoms with Crippen LogP contribution in [0.3, 0.4) is 0 Å². The normalized spacial score (nSPS) is 14.6. The molecule has 4 amide bonds. The Morgan fingerprint density at radius 1 is 0.735 bits per heavy atom. The molecule has 13 nitrogen and oxygen atoms in total. The summed E-state index contributed by atoms with van der Waals surface area (Å²) < 4.78 is 0. The van der Waals surface area contributed by atoms with Gasteiger partial charge in [-0.3, -0.25) is 24.0 Å². The maximum absolute atomic E-state index is 12.9. The summed E-state index contributed by atoms with van der Waals surface area (Å²) in [6.07, 6.45) is -1.13. The Labute approximate surface area is 198 Å². The molecule has 194 valence electrons. The smallest absolute Gasteiger partial charge is 0.326 e. The zero-order valence-electron chi connectivity index (χ0n) is 20.0. The molecule has 4 atom stereocenters. The highest BCUT2D eigenvalue weighted by atomic mass is 16.4. The van der Waals surface area contributed by atoms with Crippen molar-refractivity contribution in [1.29, 1.82) is 0 Å². The molecule has 0 bridgehead atoms. The first kappa shape index (κ1) is 30.8. The molecule has 0 aromatic rings. The summed E-state index contributed by atoms with van der Waals surface area (Å²) in [6.45, 7) is 6.92. The first-order valence-corrected chi connectivity index (χ1v) is 11.0. The Balaban J connectivity index is 5.64. The Kier molecular flexibility index (Phi) is 13.4. The van der Waals surface area contributed by atoms with E-state index in [9.17, 15) is 33.9 Å². The summed E-state index contributed by atoms with van der Waals surface area (Å²) in [6, 6.07) is -4.87. The van der Waals surface area contributed by atoms with Crippen LogP contribution in [0, 0.1) is 11.8 Å². The van der Waals surface area contributed by atoms with Crippen LogP contribution in [0.4, 0.5) is 0 Å². The lowest BCUT2D eigenvalue weighted by Crippen LogP contribution is -2.57. The van der Waals surface area contributed by atoms with E-state index >= 15 is 0 Å². The predicted molar refractivity (Wildman–Crippen MR) is 121 cm³/mol. The van der Waals surface area contributed by atoms with Crippen LogP contribution in [0.5, 0.6) is 0 Å². The van der Waals surface area contributed by atoms with Gasteiger partial charge in [0.1, 0.15) is 18.1 Å². The van der Waals surface area contributed by atoms with Crippen molar-refractivity contribution in [1.82, 2.24) is 16.0 Å². The van der Waals surface area contributed by atoms with E-state index in [0.29, 0.717) is 0 Å². The second-order valence-corrected chi connectivity index (χ2v) is 8.86. The SMILES string of the molecule is CC(C)CC(NC(=O)C(CCC(N)=O)NC(=O)C(CCC(=O)O)NC(=O)C(N)C(C)C)C(=O)O. The number of carbonyl (C=O) groups excluding carboxylic acids is 4. The summed E-state index contributed by atoms with van der Waals surface area (Å²) in [5.41, 5.74) is 10.9. The van der Waals surface area contributed by atoms with Crippen LogP contribution in [0.1, 0.15) is 59.8 Å². The molecule has 0 spiro atoms. The van der Waals surface area contributed by atoms with Crippen molar-refractivity contribution >= 4 is 35.6 Å². The number of hydrogen-bond acceptors (Lipinski definition) is 7. The van der Waals surface area contributed by atoms with Gasteiger partial charge < -0.3 is 37.6 Å². The number of nitrogens with two attached hydrogens (primary N) is 2. The van der Waals surface area contributed by atoms with Gasteiger partial charge in [0.25, 0.3) is 0 Å². The molecule has 0 radical (unpaired) electrons. The topological polar surface area (TPSA) is 231 Å². The molecule has 0 fully saturated rings. The van der Waals surface area contributed by atoms with Gasteiger partial charge in [0.15, 0.2) is 0 Å². The summed E-state index contributed by atoms with van der Waals surface area (Å²) >= 11 is 0. The van der Waals surface area contributed by atoms with E-state index in [-0.39, 0.29) is 37.5 Å². The van der Waals surface area contributed by atoms with Crippen molar-refractivity contribution in [3.63, 3.8) is 0 Å². The predicted octanol–water partition coefficient (Wildman–Crippen LogP) is -1.31. The number of primary amides is 1. The zero-order chi connectivity index (χ0) is 26.6. The molecule has 0 heterocycles. The summed E-state index contributed by atoms with van der Waals surface area (Å²) in [5, 5.41) is 25.4. The molecule has 0 aliphatic heterocycles. The molecule has 9 N–H and O–H groups in total. The monoisotopic (exact) mass is 487 g/mol. The molecule has 0 aliphatic rings. The van der Waals surface area contributed by atoms with E-state index in [1.165, 1.54) is 0 Å². The highest BCUT2D eigenvalue weighted by Crippen LogP contribution is 2.08. The highest BCUT2D eigenvalue weighted by Gasteiger charge is 2.31. The van der Waals surface area contributed by atoms with Gasteiger partial charge in [0.05, 0.1) is 6.04 Å². The summed E-state index contributed by atoms with van der Waals surface area (Å²) in [4.78, 5) is 71.7. The Hall–Kier alpha value is -3.22. The average molecular weight is 488 g/mol. The van der Waals surface area contributed by atoms with Crippen molar-refractivity contribution in [3.8, 4) is 0 Å². The molecule has 4 unspecified atom stereocenters. The van der Waals surface area contributed by atoms with Crippen LogP contribution in [0.25, 0.3) is 0 Å². The fraction of sp³-hybridized carbons (Fsp3) is 0.714. The molecule has 13 heteroatoms. The zero-order valence-corrected chi connectivity index (χ0v) is 20.0. The van der Waals surface area contributed by atoms with Crippen molar-refractivity contribution in [2.75, 3.05) is 0 Å². The molecular weight excluding hydrogens is 450 g/mol. The Morgan fingerprint density at radius 2 is 1.18 bits per heavy atom. The average Bonchev–Trinajstić information content (AvgIpc) is 2.71. The number of nitrogens with one attached hydrogen (secondary N) is 3. The van der Waals surface area contributed by atoms with Crippen molar-refractivity contribution in [3.05, 3.63) is 0 Å². The van der Waals surface area contributed by atoms with Gasteiger partial charge in [-0.2, -0.15) is 0 Å². The maximum Gasteiger partial charge on any atom is 0.326 e. The molecule has 0 aliphatic carbocycles. The third kappa shape index (κ3) is 12.1. The van der Waals surface area contributed by atoms with E-state index in [4.69, 9.17) is 16.6 Å². The van der Waals surface area contributed by atoms with Crippen molar-refractivity contribution in [2.45, 2.75) is 84.0 Å². The van der Waals surface area contributed by atoms with E-state index < -0.39 is 66.2 Å². The first-order chi connectivity index (χ1) is 15.6. The van der Waals surface area contributed by atoms with Gasteiger partial charge in [0.2, 0.25) is 23.6 Å². The molecule has 0 aromatic carbocycles. The quantitative estimate of drug-likeness (QED) is 0.137. The van der Waals surface area contributed by atoms with Crippen LogP contribution >= 0.6 is 0 Å². The van der Waals surface area contributed by atoms with E-state index in [0.717, 1.165) is 0 Å². The van der Waals surface area contributed by atoms with E-state index in [2.05, 4.69) is 16.0 Å². The summed E-state index contributed by atoms with van der Waals surface area (Å²) in [5.74, 6) is -5.95.